The summed E-state index contributed by atoms with van der Waals surface area (Å²) in [5.74, 6) is 0.890. The first-order chi connectivity index (χ1) is 19.0. The normalized spacial score (nSPS) is 14.8. The minimum absolute atomic E-state index is 0.116. The molecule has 0 aliphatic carbocycles. The van der Waals surface area contributed by atoms with Crippen LogP contribution in [0.5, 0.6) is 0 Å². The Bertz CT molecular complexity index is 1410. The summed E-state index contributed by atoms with van der Waals surface area (Å²) in [6, 6.07) is 5.31. The molecule has 12 nitrogen and oxygen atoms in total. The van der Waals surface area contributed by atoms with E-state index in [1.807, 2.05) is 33.8 Å². The van der Waals surface area contributed by atoms with Crippen molar-refractivity contribution in [2.45, 2.75) is 27.7 Å². The highest BCUT2D eigenvalue weighted by molar-refractivity contribution is 6.00. The Morgan fingerprint density at radius 3 is 2.62 bits per heavy atom. The van der Waals surface area contributed by atoms with Crippen molar-refractivity contribution in [1.29, 1.82) is 5.41 Å². The highest BCUT2D eigenvalue weighted by Gasteiger charge is 2.20. The van der Waals surface area contributed by atoms with Gasteiger partial charge in [-0.3, -0.25) is 9.69 Å². The lowest BCUT2D eigenvalue weighted by Crippen LogP contribution is -2.47. The van der Waals surface area contributed by atoms with Crippen LogP contribution in [0.25, 0.3) is 11.0 Å². The molecule has 0 radical (unpaired) electrons. The Kier molecular flexibility index (Phi) is 8.90. The standard InChI is InChI=1S/C28H38N10O2/c1-18-6-7-19(26(39)35-23(30)15-22(29)28(2,3)4)14-20(18)34-25-24-21(32-17-33-25)16-31-27(36-24)38-10-8-37(9-11-38)12-13-40-5/h6-7,14-17,29H,8-13,30H2,1-5H3,(H,35,39)(H,32,33,34)/b23-15+,29-22?. The van der Waals surface area contributed by atoms with Gasteiger partial charge in [-0.15, -0.1) is 0 Å². The number of aromatic nitrogens is 4. The van der Waals surface area contributed by atoms with Gasteiger partial charge in [-0.2, -0.15) is 0 Å². The fraction of sp³-hybridized carbons (Fsp3) is 0.429. The SMILES string of the molecule is COCCN1CCN(c2ncc3ncnc(Nc4cc(C(=O)N/C(N)=C/C(=N)C(C)(C)C)ccc4C)c3n2)CC1. The third-order valence-corrected chi connectivity index (χ3v) is 6.75. The van der Waals surface area contributed by atoms with Crippen LogP contribution in [0.2, 0.25) is 0 Å². The Balaban J connectivity index is 1.53. The average Bonchev–Trinajstić information content (AvgIpc) is 2.92. The molecular weight excluding hydrogens is 508 g/mol. The quantitative estimate of drug-likeness (QED) is 0.294. The van der Waals surface area contributed by atoms with Crippen LogP contribution in [-0.2, 0) is 4.74 Å². The number of nitrogens with one attached hydrogen (secondary N) is 3. The number of aryl methyl sites for hydroxylation is 1. The van der Waals surface area contributed by atoms with E-state index in [0.717, 1.165) is 38.3 Å². The van der Waals surface area contributed by atoms with E-state index in [1.54, 1.807) is 25.4 Å². The molecule has 2 aromatic heterocycles. The Labute approximate surface area is 234 Å². The summed E-state index contributed by atoms with van der Waals surface area (Å²) < 4.78 is 5.20. The summed E-state index contributed by atoms with van der Waals surface area (Å²) in [6.07, 6.45) is 4.64. The van der Waals surface area contributed by atoms with Gasteiger partial charge in [-0.1, -0.05) is 26.8 Å². The van der Waals surface area contributed by atoms with E-state index in [1.165, 1.54) is 12.4 Å². The molecule has 0 atom stereocenters. The number of nitrogens with two attached hydrogens (primary N) is 1. The molecule has 3 aromatic rings. The van der Waals surface area contributed by atoms with E-state index >= 15 is 0 Å². The fourth-order valence-corrected chi connectivity index (χ4v) is 4.12. The summed E-state index contributed by atoms with van der Waals surface area (Å²) >= 11 is 0. The van der Waals surface area contributed by atoms with Crippen LogP contribution in [0.4, 0.5) is 17.5 Å². The molecule has 0 unspecified atom stereocenters. The number of carbonyl (C=O) groups is 1. The zero-order valence-corrected chi connectivity index (χ0v) is 23.8. The van der Waals surface area contributed by atoms with E-state index in [0.29, 0.717) is 46.4 Å². The third kappa shape index (κ3) is 7.07. The lowest BCUT2D eigenvalue weighted by atomic mass is 9.90. The first-order valence-electron chi connectivity index (χ1n) is 13.2. The maximum atomic E-state index is 12.9. The number of carbonyl (C=O) groups excluding carboxylic acids is 1. The van der Waals surface area contributed by atoms with Crippen molar-refractivity contribution < 1.29 is 9.53 Å². The first-order valence-corrected chi connectivity index (χ1v) is 13.2. The van der Waals surface area contributed by atoms with Gasteiger partial charge in [0.15, 0.2) is 5.82 Å². The molecule has 12 heteroatoms. The molecule has 1 aliphatic rings. The van der Waals surface area contributed by atoms with Gasteiger partial charge in [0, 0.05) is 62.2 Å². The number of benzene rings is 1. The van der Waals surface area contributed by atoms with Gasteiger partial charge in [0.2, 0.25) is 5.95 Å². The minimum Gasteiger partial charge on any atom is -0.385 e. The molecule has 5 N–H and O–H groups in total. The first kappa shape index (κ1) is 28.8. The zero-order valence-electron chi connectivity index (χ0n) is 23.8. The monoisotopic (exact) mass is 546 g/mol. The Morgan fingerprint density at radius 1 is 1.18 bits per heavy atom. The largest absolute Gasteiger partial charge is 0.385 e. The summed E-state index contributed by atoms with van der Waals surface area (Å²) in [7, 11) is 1.72. The lowest BCUT2D eigenvalue weighted by Gasteiger charge is -2.34. The van der Waals surface area contributed by atoms with E-state index in [-0.39, 0.29) is 17.1 Å². The topological polar surface area (TPSA) is 158 Å². The van der Waals surface area contributed by atoms with Crippen molar-refractivity contribution in [2.75, 3.05) is 56.7 Å². The van der Waals surface area contributed by atoms with Gasteiger partial charge in [0.05, 0.1) is 12.8 Å². The zero-order chi connectivity index (χ0) is 28.9. The molecule has 1 aliphatic heterocycles. The maximum absolute atomic E-state index is 12.9. The van der Waals surface area contributed by atoms with E-state index in [9.17, 15) is 4.79 Å². The predicted octanol–water partition coefficient (Wildman–Crippen LogP) is 2.84. The number of anilines is 3. The highest BCUT2D eigenvalue weighted by Crippen LogP contribution is 2.26. The van der Waals surface area contributed by atoms with Gasteiger partial charge in [0.1, 0.15) is 23.2 Å². The van der Waals surface area contributed by atoms with Crippen molar-refractivity contribution in [3.05, 3.63) is 53.7 Å². The number of hydrogen-bond acceptors (Lipinski definition) is 11. The van der Waals surface area contributed by atoms with Crippen LogP contribution in [0, 0.1) is 17.7 Å². The van der Waals surface area contributed by atoms with Crippen LogP contribution in [0.15, 0.2) is 42.6 Å². The molecule has 4 rings (SSSR count). The van der Waals surface area contributed by atoms with Crippen molar-refractivity contribution in [3.8, 4) is 0 Å². The smallest absolute Gasteiger partial charge is 0.256 e. The molecule has 1 fully saturated rings. The molecule has 1 aromatic carbocycles. The van der Waals surface area contributed by atoms with Gasteiger partial charge in [0.25, 0.3) is 5.91 Å². The van der Waals surface area contributed by atoms with Crippen molar-refractivity contribution in [1.82, 2.24) is 30.2 Å². The maximum Gasteiger partial charge on any atom is 0.256 e. The number of methoxy groups -OCH3 is 1. The van der Waals surface area contributed by atoms with Crippen LogP contribution >= 0.6 is 0 Å². The van der Waals surface area contributed by atoms with Crippen LogP contribution in [-0.4, -0.2) is 82.9 Å². The van der Waals surface area contributed by atoms with Crippen molar-refractivity contribution >= 4 is 40.1 Å². The second kappa shape index (κ2) is 12.3. The summed E-state index contributed by atoms with van der Waals surface area (Å²) in [6.45, 7) is 12.7. The minimum atomic E-state index is -0.377. The number of amides is 1. The number of allylic oxidation sites excluding steroid dienone is 1. The number of hydrogen-bond donors (Lipinski definition) is 4. The van der Waals surface area contributed by atoms with Gasteiger partial charge < -0.3 is 31.4 Å². The van der Waals surface area contributed by atoms with E-state index in [4.69, 9.17) is 20.9 Å². The summed E-state index contributed by atoms with van der Waals surface area (Å²) in [4.78, 5) is 35.6. The molecule has 0 saturated carbocycles. The van der Waals surface area contributed by atoms with Gasteiger partial charge in [-0.25, -0.2) is 19.9 Å². The summed E-state index contributed by atoms with van der Waals surface area (Å²) in [5, 5.41) is 14.1. The van der Waals surface area contributed by atoms with Crippen molar-refractivity contribution in [3.63, 3.8) is 0 Å². The van der Waals surface area contributed by atoms with Crippen molar-refractivity contribution in [2.24, 2.45) is 11.1 Å². The highest BCUT2D eigenvalue weighted by atomic mass is 16.5. The molecule has 0 spiro atoms. The lowest BCUT2D eigenvalue weighted by molar-refractivity contribution is 0.0965. The second-order valence-electron chi connectivity index (χ2n) is 10.8. The van der Waals surface area contributed by atoms with Gasteiger partial charge >= 0.3 is 0 Å². The van der Waals surface area contributed by atoms with E-state index < -0.39 is 0 Å². The van der Waals surface area contributed by atoms with Crippen LogP contribution in [0.3, 0.4) is 0 Å². The molecule has 212 valence electrons. The second-order valence-corrected chi connectivity index (χ2v) is 10.8. The molecule has 3 heterocycles. The fourth-order valence-electron chi connectivity index (χ4n) is 4.12. The number of rotatable bonds is 9. The molecular formula is C28H38N10O2. The van der Waals surface area contributed by atoms with Crippen LogP contribution in [0.1, 0.15) is 36.7 Å². The third-order valence-electron chi connectivity index (χ3n) is 6.75. The average molecular weight is 547 g/mol. The molecule has 1 saturated heterocycles. The summed E-state index contributed by atoms with van der Waals surface area (Å²) in [5.41, 5.74) is 9.18. The number of ether oxygens (including phenoxy) is 1. The predicted molar refractivity (Wildman–Crippen MR) is 157 cm³/mol. The van der Waals surface area contributed by atoms with Gasteiger partial charge in [-0.05, 0) is 30.7 Å². The number of nitrogens with zero attached hydrogens (tertiary/aromatic N) is 6. The Morgan fingerprint density at radius 2 is 1.93 bits per heavy atom. The molecule has 40 heavy (non-hydrogen) atoms. The van der Waals surface area contributed by atoms with E-state index in [2.05, 4.69) is 35.4 Å². The molecule has 0 bridgehead atoms. The number of fused-ring (bicyclic) bond motifs is 1. The molecule has 1 amide bonds. The van der Waals surface area contributed by atoms with Crippen LogP contribution < -0.4 is 21.3 Å². The Hall–Kier alpha value is -4.16. The number of piperazine rings is 1.